The van der Waals surface area contributed by atoms with E-state index in [1.54, 1.807) is 43.0 Å². The average molecular weight is 463 g/mol. The summed E-state index contributed by atoms with van der Waals surface area (Å²) in [6.45, 7) is 4.00. The normalized spacial score (nSPS) is 19.1. The van der Waals surface area contributed by atoms with Gasteiger partial charge in [0, 0.05) is 43.4 Å². The van der Waals surface area contributed by atoms with Crippen molar-refractivity contribution in [3.8, 4) is 11.1 Å². The number of nitrogens with one attached hydrogen (secondary N) is 1. The van der Waals surface area contributed by atoms with Crippen LogP contribution < -0.4 is 10.2 Å². The number of amides is 2. The summed E-state index contributed by atoms with van der Waals surface area (Å²) in [6.07, 6.45) is 2.43. The third-order valence-corrected chi connectivity index (χ3v) is 6.58. The standard InChI is InChI=1S/C24H29F3N4O2/c1-23(2,33)16-8-12-30(13-9-16)22(32)29-20-18(17-5-3-4-6-19(17)25)7-11-28-21(20)31-14-10-24(26,27)15-31/h3-7,11,16,33H,8-10,12-15H2,1-2H3,(H,29,32). The number of nitrogens with zero attached hydrogens (tertiary/aromatic N) is 3. The van der Waals surface area contributed by atoms with Crippen molar-refractivity contribution in [1.82, 2.24) is 9.88 Å². The Balaban J connectivity index is 1.64. The van der Waals surface area contributed by atoms with E-state index in [1.165, 1.54) is 17.2 Å². The van der Waals surface area contributed by atoms with Crippen LogP contribution in [0.4, 0.5) is 29.5 Å². The molecular weight excluding hydrogens is 433 g/mol. The van der Waals surface area contributed by atoms with Crippen molar-refractivity contribution < 1.29 is 23.1 Å². The van der Waals surface area contributed by atoms with Crippen LogP contribution in [0.1, 0.15) is 33.1 Å². The van der Waals surface area contributed by atoms with Gasteiger partial charge in [0.25, 0.3) is 5.92 Å². The maximum Gasteiger partial charge on any atom is 0.321 e. The van der Waals surface area contributed by atoms with Gasteiger partial charge in [-0.15, -0.1) is 0 Å². The summed E-state index contributed by atoms with van der Waals surface area (Å²) >= 11 is 0. The predicted octanol–water partition coefficient (Wildman–Crippen LogP) is 4.75. The Morgan fingerprint density at radius 2 is 1.85 bits per heavy atom. The van der Waals surface area contributed by atoms with E-state index in [4.69, 9.17) is 0 Å². The zero-order valence-corrected chi connectivity index (χ0v) is 18.8. The van der Waals surface area contributed by atoms with Crippen molar-refractivity contribution >= 4 is 17.5 Å². The minimum Gasteiger partial charge on any atom is -0.390 e. The number of benzene rings is 1. The fourth-order valence-corrected chi connectivity index (χ4v) is 4.61. The van der Waals surface area contributed by atoms with Crippen LogP contribution >= 0.6 is 0 Å². The number of halogens is 3. The number of aromatic nitrogens is 1. The summed E-state index contributed by atoms with van der Waals surface area (Å²) in [5, 5.41) is 13.1. The highest BCUT2D eigenvalue weighted by molar-refractivity contribution is 5.99. The number of anilines is 2. The zero-order valence-electron chi connectivity index (χ0n) is 18.8. The van der Waals surface area contributed by atoms with Gasteiger partial charge in [-0.2, -0.15) is 0 Å². The summed E-state index contributed by atoms with van der Waals surface area (Å²) < 4.78 is 42.5. The number of alkyl halides is 2. The molecule has 0 unspecified atom stereocenters. The minimum absolute atomic E-state index is 0.0799. The molecule has 33 heavy (non-hydrogen) atoms. The molecule has 0 bridgehead atoms. The molecule has 2 aliphatic rings. The summed E-state index contributed by atoms with van der Waals surface area (Å²) in [6, 6.07) is 7.31. The molecule has 0 aliphatic carbocycles. The second-order valence-electron chi connectivity index (χ2n) is 9.41. The molecule has 2 amide bonds. The predicted molar refractivity (Wildman–Crippen MR) is 121 cm³/mol. The number of urea groups is 1. The lowest BCUT2D eigenvalue weighted by Gasteiger charge is -2.37. The molecule has 1 aromatic heterocycles. The third kappa shape index (κ3) is 5.08. The average Bonchev–Trinajstić information content (AvgIpc) is 3.13. The molecule has 9 heteroatoms. The maximum atomic E-state index is 14.6. The van der Waals surface area contributed by atoms with E-state index in [1.807, 2.05) is 0 Å². The highest BCUT2D eigenvalue weighted by Crippen LogP contribution is 2.40. The third-order valence-electron chi connectivity index (χ3n) is 6.58. The Kier molecular flexibility index (Phi) is 6.26. The number of pyridine rings is 1. The SMILES string of the molecule is CC(C)(O)C1CCN(C(=O)Nc2c(-c3ccccc3F)ccnc2N2CCC(F)(F)C2)CC1. The van der Waals surface area contributed by atoms with E-state index in [0.29, 0.717) is 31.5 Å². The van der Waals surface area contributed by atoms with Crippen molar-refractivity contribution in [2.75, 3.05) is 36.4 Å². The molecule has 0 spiro atoms. The van der Waals surface area contributed by atoms with Crippen LogP contribution in [-0.4, -0.2) is 58.7 Å². The first-order valence-corrected chi connectivity index (χ1v) is 11.2. The lowest BCUT2D eigenvalue weighted by Crippen LogP contribution is -2.45. The largest absolute Gasteiger partial charge is 0.390 e. The summed E-state index contributed by atoms with van der Waals surface area (Å²) in [5.74, 6) is -3.05. The number of carbonyl (C=O) groups is 1. The Hall–Kier alpha value is -2.81. The van der Waals surface area contributed by atoms with Gasteiger partial charge in [0.1, 0.15) is 5.82 Å². The summed E-state index contributed by atoms with van der Waals surface area (Å²) in [4.78, 5) is 20.5. The number of hydrogen-bond acceptors (Lipinski definition) is 4. The first-order chi connectivity index (χ1) is 15.5. The van der Waals surface area contributed by atoms with Crippen LogP contribution in [0.15, 0.2) is 36.5 Å². The van der Waals surface area contributed by atoms with Crippen LogP contribution in [0.5, 0.6) is 0 Å². The molecular formula is C24H29F3N4O2. The second-order valence-corrected chi connectivity index (χ2v) is 9.41. The van der Waals surface area contributed by atoms with Gasteiger partial charge in [-0.1, -0.05) is 18.2 Å². The molecule has 1 aromatic carbocycles. The number of aliphatic hydroxyl groups is 1. The number of rotatable bonds is 4. The number of piperidine rings is 1. The maximum absolute atomic E-state index is 14.6. The molecule has 2 aliphatic heterocycles. The van der Waals surface area contributed by atoms with Gasteiger partial charge in [0.05, 0.1) is 17.8 Å². The molecule has 0 radical (unpaired) electrons. The summed E-state index contributed by atoms with van der Waals surface area (Å²) in [5.41, 5.74) is 0.0315. The van der Waals surface area contributed by atoms with E-state index in [0.717, 1.165) is 0 Å². The van der Waals surface area contributed by atoms with Crippen LogP contribution in [0.3, 0.4) is 0 Å². The van der Waals surface area contributed by atoms with Gasteiger partial charge < -0.3 is 20.2 Å². The van der Waals surface area contributed by atoms with Crippen LogP contribution in [0, 0.1) is 11.7 Å². The van der Waals surface area contributed by atoms with Gasteiger partial charge >= 0.3 is 6.03 Å². The van der Waals surface area contributed by atoms with Gasteiger partial charge in [0.15, 0.2) is 5.82 Å². The fourth-order valence-electron chi connectivity index (χ4n) is 4.61. The van der Waals surface area contributed by atoms with Crippen LogP contribution in [0.25, 0.3) is 11.1 Å². The van der Waals surface area contributed by atoms with Crippen molar-refractivity contribution in [3.63, 3.8) is 0 Å². The smallest absolute Gasteiger partial charge is 0.321 e. The molecule has 2 fully saturated rings. The van der Waals surface area contributed by atoms with E-state index < -0.39 is 29.9 Å². The highest BCUT2D eigenvalue weighted by Gasteiger charge is 2.40. The van der Waals surface area contributed by atoms with E-state index in [-0.39, 0.29) is 36.0 Å². The van der Waals surface area contributed by atoms with E-state index in [9.17, 15) is 23.1 Å². The molecule has 6 nitrogen and oxygen atoms in total. The van der Waals surface area contributed by atoms with Gasteiger partial charge in [0.2, 0.25) is 0 Å². The minimum atomic E-state index is -2.85. The number of hydrogen-bond donors (Lipinski definition) is 2. The highest BCUT2D eigenvalue weighted by atomic mass is 19.3. The number of likely N-dealkylation sites (tertiary alicyclic amines) is 1. The van der Waals surface area contributed by atoms with E-state index in [2.05, 4.69) is 10.3 Å². The Morgan fingerprint density at radius 1 is 1.15 bits per heavy atom. The van der Waals surface area contributed by atoms with Gasteiger partial charge in [-0.05, 0) is 44.7 Å². The van der Waals surface area contributed by atoms with Gasteiger partial charge in [-0.3, -0.25) is 0 Å². The summed E-state index contributed by atoms with van der Waals surface area (Å²) in [7, 11) is 0. The lowest BCUT2D eigenvalue weighted by molar-refractivity contribution is -0.00705. The van der Waals surface area contributed by atoms with Crippen molar-refractivity contribution in [3.05, 3.63) is 42.3 Å². The molecule has 2 saturated heterocycles. The molecule has 0 saturated carbocycles. The lowest BCUT2D eigenvalue weighted by atomic mass is 9.83. The Bertz CT molecular complexity index is 1020. The Morgan fingerprint density at radius 3 is 2.45 bits per heavy atom. The monoisotopic (exact) mass is 462 g/mol. The van der Waals surface area contributed by atoms with Crippen LogP contribution in [-0.2, 0) is 0 Å². The van der Waals surface area contributed by atoms with E-state index >= 15 is 0 Å². The van der Waals surface area contributed by atoms with Crippen molar-refractivity contribution in [2.45, 2.75) is 44.6 Å². The van der Waals surface area contributed by atoms with Crippen molar-refractivity contribution in [2.24, 2.45) is 5.92 Å². The van der Waals surface area contributed by atoms with Crippen molar-refractivity contribution in [1.29, 1.82) is 0 Å². The molecule has 3 heterocycles. The molecule has 178 valence electrons. The zero-order chi connectivity index (χ0) is 23.8. The topological polar surface area (TPSA) is 68.7 Å². The molecule has 2 N–H and O–H groups in total. The first kappa shape index (κ1) is 23.4. The first-order valence-electron chi connectivity index (χ1n) is 11.2. The molecule has 4 rings (SSSR count). The quantitative estimate of drug-likeness (QED) is 0.688. The fraction of sp³-hybridized carbons (Fsp3) is 0.500. The molecule has 2 aromatic rings. The molecule has 0 atom stereocenters. The second kappa shape index (κ2) is 8.85. The number of carbonyl (C=O) groups excluding carboxylic acids is 1. The van der Waals surface area contributed by atoms with Crippen LogP contribution in [0.2, 0.25) is 0 Å². The van der Waals surface area contributed by atoms with Gasteiger partial charge in [-0.25, -0.2) is 22.9 Å². The Labute approximate surface area is 191 Å².